The second-order valence-electron chi connectivity index (χ2n) is 5.99. The van der Waals surface area contributed by atoms with Crippen molar-refractivity contribution in [2.24, 2.45) is 0 Å². The fourth-order valence-electron chi connectivity index (χ4n) is 3.48. The first-order valence-corrected chi connectivity index (χ1v) is 8.03. The van der Waals surface area contributed by atoms with Crippen LogP contribution in [0.15, 0.2) is 11.8 Å². The van der Waals surface area contributed by atoms with Gasteiger partial charge in [0.05, 0.1) is 12.6 Å². The van der Waals surface area contributed by atoms with Gasteiger partial charge in [0.15, 0.2) is 0 Å². The third-order valence-corrected chi connectivity index (χ3v) is 4.84. The molecule has 2 aliphatic rings. The standard InChI is InChI=1S/C16H30N2O/c1-4-16(3,18-11-7-6-8-12-18)15(17-5-2)14-10-9-13-19-14/h10,15,17H,4-9,11-13H2,1-3H3. The van der Waals surface area contributed by atoms with E-state index in [0.29, 0.717) is 6.04 Å². The van der Waals surface area contributed by atoms with Crippen LogP contribution in [0.25, 0.3) is 0 Å². The molecule has 2 rings (SSSR count). The molecule has 0 aromatic rings. The molecule has 0 aromatic carbocycles. The molecule has 1 saturated heterocycles. The summed E-state index contributed by atoms with van der Waals surface area (Å²) in [5.41, 5.74) is 0.173. The van der Waals surface area contributed by atoms with Crippen LogP contribution in [0.4, 0.5) is 0 Å². The smallest absolute Gasteiger partial charge is 0.111 e. The van der Waals surface area contributed by atoms with Gasteiger partial charge in [0.2, 0.25) is 0 Å². The molecule has 0 spiro atoms. The van der Waals surface area contributed by atoms with E-state index in [9.17, 15) is 0 Å². The molecular formula is C16H30N2O. The molecule has 3 nitrogen and oxygen atoms in total. The predicted octanol–water partition coefficient (Wildman–Crippen LogP) is 2.92. The van der Waals surface area contributed by atoms with Gasteiger partial charge in [-0.25, -0.2) is 0 Å². The van der Waals surface area contributed by atoms with Crippen molar-refractivity contribution in [2.45, 2.75) is 64.5 Å². The molecule has 0 aliphatic carbocycles. The number of ether oxygens (including phenoxy) is 1. The zero-order valence-electron chi connectivity index (χ0n) is 12.9. The largest absolute Gasteiger partial charge is 0.496 e. The lowest BCUT2D eigenvalue weighted by Crippen LogP contribution is -2.61. The predicted molar refractivity (Wildman–Crippen MR) is 80.2 cm³/mol. The molecule has 110 valence electrons. The summed E-state index contributed by atoms with van der Waals surface area (Å²) in [6.45, 7) is 11.2. The lowest BCUT2D eigenvalue weighted by molar-refractivity contribution is 0.0358. The van der Waals surface area contributed by atoms with Crippen LogP contribution in [-0.2, 0) is 4.74 Å². The van der Waals surface area contributed by atoms with Crippen molar-refractivity contribution in [1.82, 2.24) is 10.2 Å². The fraction of sp³-hybridized carbons (Fsp3) is 0.875. The molecule has 0 saturated carbocycles. The molecule has 1 fully saturated rings. The van der Waals surface area contributed by atoms with Crippen LogP contribution >= 0.6 is 0 Å². The van der Waals surface area contributed by atoms with Gasteiger partial charge in [0.1, 0.15) is 5.76 Å². The molecule has 0 radical (unpaired) electrons. The molecular weight excluding hydrogens is 236 g/mol. The van der Waals surface area contributed by atoms with Crippen LogP contribution in [0.2, 0.25) is 0 Å². The second-order valence-corrected chi connectivity index (χ2v) is 5.99. The summed E-state index contributed by atoms with van der Waals surface area (Å²) in [6.07, 6.45) is 8.58. The molecule has 0 amide bonds. The van der Waals surface area contributed by atoms with E-state index in [1.165, 1.54) is 38.1 Å². The van der Waals surface area contributed by atoms with Gasteiger partial charge in [-0.2, -0.15) is 0 Å². The number of nitrogens with zero attached hydrogens (tertiary/aromatic N) is 1. The molecule has 3 heteroatoms. The summed E-state index contributed by atoms with van der Waals surface area (Å²) in [6, 6.07) is 0.336. The molecule has 2 atom stereocenters. The topological polar surface area (TPSA) is 24.5 Å². The van der Waals surface area contributed by atoms with Crippen LogP contribution in [0.5, 0.6) is 0 Å². The number of hydrogen-bond donors (Lipinski definition) is 1. The highest BCUT2D eigenvalue weighted by atomic mass is 16.5. The maximum Gasteiger partial charge on any atom is 0.111 e. The van der Waals surface area contributed by atoms with Crippen LogP contribution in [0, 0.1) is 0 Å². The van der Waals surface area contributed by atoms with Gasteiger partial charge in [0, 0.05) is 12.0 Å². The molecule has 19 heavy (non-hydrogen) atoms. The first-order valence-electron chi connectivity index (χ1n) is 8.03. The zero-order chi connectivity index (χ0) is 13.7. The Kier molecular flexibility index (Phi) is 5.28. The highest BCUT2D eigenvalue weighted by Crippen LogP contribution is 2.32. The van der Waals surface area contributed by atoms with E-state index < -0.39 is 0 Å². The summed E-state index contributed by atoms with van der Waals surface area (Å²) in [5.74, 6) is 1.18. The minimum Gasteiger partial charge on any atom is -0.496 e. The number of nitrogens with one attached hydrogen (secondary N) is 1. The lowest BCUT2D eigenvalue weighted by Gasteiger charge is -2.48. The number of hydrogen-bond acceptors (Lipinski definition) is 3. The summed E-state index contributed by atoms with van der Waals surface area (Å²) >= 11 is 0. The van der Waals surface area contributed by atoms with E-state index in [-0.39, 0.29) is 5.54 Å². The Morgan fingerprint density at radius 3 is 2.58 bits per heavy atom. The Morgan fingerprint density at radius 2 is 2.05 bits per heavy atom. The maximum absolute atomic E-state index is 5.88. The minimum absolute atomic E-state index is 0.173. The average Bonchev–Trinajstić information content (AvgIpc) is 2.98. The fourth-order valence-corrected chi connectivity index (χ4v) is 3.48. The minimum atomic E-state index is 0.173. The molecule has 1 N–H and O–H groups in total. The van der Waals surface area contributed by atoms with Gasteiger partial charge >= 0.3 is 0 Å². The van der Waals surface area contributed by atoms with E-state index in [0.717, 1.165) is 26.0 Å². The van der Waals surface area contributed by atoms with Gasteiger partial charge in [-0.05, 0) is 51.9 Å². The van der Waals surface area contributed by atoms with Crippen LogP contribution in [0.3, 0.4) is 0 Å². The van der Waals surface area contributed by atoms with Gasteiger partial charge < -0.3 is 10.1 Å². The number of likely N-dealkylation sites (tertiary alicyclic amines) is 1. The first-order chi connectivity index (χ1) is 9.22. The van der Waals surface area contributed by atoms with Gasteiger partial charge in [0.25, 0.3) is 0 Å². The Bertz CT molecular complexity index is 310. The molecule has 0 bridgehead atoms. The van der Waals surface area contributed by atoms with E-state index in [2.05, 4.69) is 37.1 Å². The summed E-state index contributed by atoms with van der Waals surface area (Å²) < 4.78 is 5.88. The quantitative estimate of drug-likeness (QED) is 0.800. The monoisotopic (exact) mass is 266 g/mol. The Labute approximate surface area is 118 Å². The average molecular weight is 266 g/mol. The summed E-state index contributed by atoms with van der Waals surface area (Å²) in [5, 5.41) is 3.68. The molecule has 2 aliphatic heterocycles. The Morgan fingerprint density at radius 1 is 1.32 bits per heavy atom. The van der Waals surface area contributed by atoms with Crippen molar-refractivity contribution in [2.75, 3.05) is 26.2 Å². The number of likely N-dealkylation sites (N-methyl/N-ethyl adjacent to an activating group) is 1. The Hall–Kier alpha value is -0.540. The van der Waals surface area contributed by atoms with Gasteiger partial charge in [-0.3, -0.25) is 4.90 Å². The second kappa shape index (κ2) is 6.76. The molecule has 2 unspecified atom stereocenters. The van der Waals surface area contributed by atoms with Crippen LogP contribution < -0.4 is 5.32 Å². The van der Waals surface area contributed by atoms with Crippen molar-refractivity contribution in [3.05, 3.63) is 11.8 Å². The van der Waals surface area contributed by atoms with Gasteiger partial charge in [-0.15, -0.1) is 0 Å². The first kappa shape index (κ1) is 14.9. The normalized spacial score (nSPS) is 25.5. The molecule has 2 heterocycles. The zero-order valence-corrected chi connectivity index (χ0v) is 12.9. The lowest BCUT2D eigenvalue weighted by atomic mass is 9.84. The van der Waals surface area contributed by atoms with Crippen LogP contribution in [0.1, 0.15) is 52.9 Å². The van der Waals surface area contributed by atoms with Crippen LogP contribution in [-0.4, -0.2) is 42.7 Å². The van der Waals surface area contributed by atoms with Gasteiger partial charge in [-0.1, -0.05) is 20.3 Å². The summed E-state index contributed by atoms with van der Waals surface area (Å²) in [7, 11) is 0. The third kappa shape index (κ3) is 3.14. The number of rotatable bonds is 6. The number of piperidine rings is 1. The highest BCUT2D eigenvalue weighted by Gasteiger charge is 2.41. The van der Waals surface area contributed by atoms with Crippen molar-refractivity contribution in [3.8, 4) is 0 Å². The summed E-state index contributed by atoms with van der Waals surface area (Å²) in [4.78, 5) is 2.69. The van der Waals surface area contributed by atoms with Crippen molar-refractivity contribution in [3.63, 3.8) is 0 Å². The van der Waals surface area contributed by atoms with E-state index >= 15 is 0 Å². The van der Waals surface area contributed by atoms with Crippen molar-refractivity contribution < 1.29 is 4.74 Å². The van der Waals surface area contributed by atoms with E-state index in [1.807, 2.05) is 0 Å². The Balaban J connectivity index is 2.18. The van der Waals surface area contributed by atoms with Crippen molar-refractivity contribution >= 4 is 0 Å². The van der Waals surface area contributed by atoms with E-state index in [1.54, 1.807) is 0 Å². The SMILES string of the molecule is CCNC(C1=CCCO1)C(C)(CC)N1CCCCC1. The third-order valence-electron chi connectivity index (χ3n) is 4.84. The molecule has 0 aromatic heterocycles. The van der Waals surface area contributed by atoms with E-state index in [4.69, 9.17) is 4.74 Å². The van der Waals surface area contributed by atoms with Crippen molar-refractivity contribution in [1.29, 1.82) is 0 Å². The maximum atomic E-state index is 5.88. The highest BCUT2D eigenvalue weighted by molar-refractivity contribution is 5.16.